The standard InChI is InChI=1S/C19H22ClN3O2/c1-21-16-8-10-22(11-9-16)19(25)15-6-7-18(24)23(13-15)12-14-4-2-3-5-17(14)20/h2-7,13,16,21H,8-12H2,1H3. The third-order valence-corrected chi connectivity index (χ3v) is 5.09. The Bertz CT molecular complexity index is 810. The summed E-state index contributed by atoms with van der Waals surface area (Å²) in [4.78, 5) is 26.8. The van der Waals surface area contributed by atoms with Crippen LogP contribution < -0.4 is 10.9 Å². The van der Waals surface area contributed by atoms with Gasteiger partial charge in [0.1, 0.15) is 0 Å². The summed E-state index contributed by atoms with van der Waals surface area (Å²) in [5.41, 5.74) is 1.24. The van der Waals surface area contributed by atoms with Crippen LogP contribution in [0.25, 0.3) is 0 Å². The second-order valence-electron chi connectivity index (χ2n) is 6.33. The number of pyridine rings is 1. The lowest BCUT2D eigenvalue weighted by Crippen LogP contribution is -2.44. The molecule has 2 heterocycles. The summed E-state index contributed by atoms with van der Waals surface area (Å²) in [6.45, 7) is 1.81. The van der Waals surface area contributed by atoms with Crippen molar-refractivity contribution in [3.05, 3.63) is 69.1 Å². The molecule has 132 valence electrons. The highest BCUT2D eigenvalue weighted by atomic mass is 35.5. The fraction of sp³-hybridized carbons (Fsp3) is 0.368. The highest BCUT2D eigenvalue weighted by molar-refractivity contribution is 6.31. The number of benzene rings is 1. The number of rotatable bonds is 4. The molecule has 0 saturated carbocycles. The Hall–Kier alpha value is -2.11. The number of carbonyl (C=O) groups is 1. The monoisotopic (exact) mass is 359 g/mol. The summed E-state index contributed by atoms with van der Waals surface area (Å²) in [6.07, 6.45) is 3.53. The van der Waals surface area contributed by atoms with E-state index in [2.05, 4.69) is 5.32 Å². The van der Waals surface area contributed by atoms with Gasteiger partial charge in [-0.1, -0.05) is 29.8 Å². The molecule has 1 saturated heterocycles. The van der Waals surface area contributed by atoms with Gasteiger partial charge in [0, 0.05) is 36.4 Å². The number of amides is 1. The first kappa shape index (κ1) is 17.7. The van der Waals surface area contributed by atoms with E-state index in [0.717, 1.165) is 31.5 Å². The second kappa shape index (κ2) is 7.85. The van der Waals surface area contributed by atoms with Crippen molar-refractivity contribution >= 4 is 17.5 Å². The zero-order valence-corrected chi connectivity index (χ0v) is 15.0. The Balaban J connectivity index is 1.78. The number of aromatic nitrogens is 1. The molecule has 1 fully saturated rings. The number of hydrogen-bond acceptors (Lipinski definition) is 3. The fourth-order valence-electron chi connectivity index (χ4n) is 3.15. The van der Waals surface area contributed by atoms with E-state index in [1.54, 1.807) is 18.3 Å². The van der Waals surface area contributed by atoms with Crippen molar-refractivity contribution in [1.29, 1.82) is 0 Å². The normalized spacial score (nSPS) is 15.4. The van der Waals surface area contributed by atoms with Crippen LogP contribution in [0.3, 0.4) is 0 Å². The van der Waals surface area contributed by atoms with Crippen molar-refractivity contribution in [2.45, 2.75) is 25.4 Å². The molecule has 0 atom stereocenters. The molecule has 5 nitrogen and oxygen atoms in total. The van der Waals surface area contributed by atoms with Gasteiger partial charge in [-0.15, -0.1) is 0 Å². The van der Waals surface area contributed by atoms with E-state index in [-0.39, 0.29) is 11.5 Å². The van der Waals surface area contributed by atoms with Gasteiger partial charge >= 0.3 is 0 Å². The van der Waals surface area contributed by atoms with Gasteiger partial charge in [-0.3, -0.25) is 9.59 Å². The lowest BCUT2D eigenvalue weighted by molar-refractivity contribution is 0.0706. The Morgan fingerprint density at radius 1 is 1.20 bits per heavy atom. The largest absolute Gasteiger partial charge is 0.338 e. The summed E-state index contributed by atoms with van der Waals surface area (Å²) in [5.74, 6) is -0.0255. The fourth-order valence-corrected chi connectivity index (χ4v) is 3.34. The quantitative estimate of drug-likeness (QED) is 0.911. The summed E-state index contributed by atoms with van der Waals surface area (Å²) in [5, 5.41) is 3.87. The summed E-state index contributed by atoms with van der Waals surface area (Å²) in [7, 11) is 1.95. The van der Waals surface area contributed by atoms with E-state index < -0.39 is 0 Å². The molecule has 1 amide bonds. The number of likely N-dealkylation sites (tertiary alicyclic amines) is 1. The van der Waals surface area contributed by atoms with E-state index in [4.69, 9.17) is 11.6 Å². The van der Waals surface area contributed by atoms with E-state index >= 15 is 0 Å². The SMILES string of the molecule is CNC1CCN(C(=O)c2ccc(=O)n(Cc3ccccc3Cl)c2)CC1. The number of carbonyl (C=O) groups excluding carboxylic acids is 1. The van der Waals surface area contributed by atoms with Crippen LogP contribution >= 0.6 is 11.6 Å². The summed E-state index contributed by atoms with van der Waals surface area (Å²) >= 11 is 6.18. The Morgan fingerprint density at radius 3 is 2.60 bits per heavy atom. The molecule has 6 heteroatoms. The summed E-state index contributed by atoms with van der Waals surface area (Å²) in [6, 6.07) is 10.9. The lowest BCUT2D eigenvalue weighted by atomic mass is 10.0. The number of nitrogens with zero attached hydrogens (tertiary/aromatic N) is 2. The van der Waals surface area contributed by atoms with Crippen molar-refractivity contribution in [2.75, 3.05) is 20.1 Å². The van der Waals surface area contributed by atoms with E-state index in [0.29, 0.717) is 23.2 Å². The van der Waals surface area contributed by atoms with Gasteiger partial charge in [0.05, 0.1) is 12.1 Å². The Morgan fingerprint density at radius 2 is 1.92 bits per heavy atom. The first-order valence-corrected chi connectivity index (χ1v) is 8.86. The molecule has 0 unspecified atom stereocenters. The minimum atomic E-state index is -0.148. The van der Waals surface area contributed by atoms with E-state index in [1.807, 2.05) is 30.1 Å². The maximum Gasteiger partial charge on any atom is 0.255 e. The predicted molar refractivity (Wildman–Crippen MR) is 99.2 cm³/mol. The molecule has 0 aliphatic carbocycles. The van der Waals surface area contributed by atoms with Gasteiger partial charge < -0.3 is 14.8 Å². The molecule has 2 aromatic rings. The highest BCUT2D eigenvalue weighted by Crippen LogP contribution is 2.17. The maximum atomic E-state index is 12.7. The van der Waals surface area contributed by atoms with Crippen molar-refractivity contribution in [3.63, 3.8) is 0 Å². The van der Waals surface area contributed by atoms with Gasteiger partial charge in [0.2, 0.25) is 0 Å². The minimum absolute atomic E-state index is 0.0255. The molecular formula is C19H22ClN3O2. The van der Waals surface area contributed by atoms with Gasteiger partial charge in [0.15, 0.2) is 0 Å². The van der Waals surface area contributed by atoms with Crippen molar-refractivity contribution in [2.24, 2.45) is 0 Å². The summed E-state index contributed by atoms with van der Waals surface area (Å²) < 4.78 is 1.54. The van der Waals surface area contributed by atoms with Crippen LogP contribution in [0.15, 0.2) is 47.4 Å². The number of halogens is 1. The first-order chi connectivity index (χ1) is 12.1. The average molecular weight is 360 g/mol. The molecule has 3 rings (SSSR count). The Labute approximate surface area is 152 Å². The smallest absolute Gasteiger partial charge is 0.255 e. The first-order valence-electron chi connectivity index (χ1n) is 8.49. The average Bonchev–Trinajstić information content (AvgIpc) is 2.65. The van der Waals surface area contributed by atoms with Crippen LogP contribution in [0.1, 0.15) is 28.8 Å². The van der Waals surface area contributed by atoms with Gasteiger partial charge in [-0.25, -0.2) is 0 Å². The second-order valence-corrected chi connectivity index (χ2v) is 6.74. The van der Waals surface area contributed by atoms with E-state index in [1.165, 1.54) is 10.6 Å². The van der Waals surface area contributed by atoms with Crippen molar-refractivity contribution < 1.29 is 4.79 Å². The lowest BCUT2D eigenvalue weighted by Gasteiger charge is -2.31. The number of hydrogen-bond donors (Lipinski definition) is 1. The minimum Gasteiger partial charge on any atom is -0.338 e. The molecule has 1 aliphatic heterocycles. The molecule has 1 aromatic heterocycles. The van der Waals surface area contributed by atoms with Crippen LogP contribution in [0.4, 0.5) is 0 Å². The van der Waals surface area contributed by atoms with Crippen molar-refractivity contribution in [3.8, 4) is 0 Å². The van der Waals surface area contributed by atoms with Gasteiger partial charge in [-0.2, -0.15) is 0 Å². The van der Waals surface area contributed by atoms with Crippen LogP contribution in [-0.4, -0.2) is 41.6 Å². The zero-order chi connectivity index (χ0) is 17.8. The molecule has 0 bridgehead atoms. The van der Waals surface area contributed by atoms with Crippen molar-refractivity contribution in [1.82, 2.24) is 14.8 Å². The van der Waals surface area contributed by atoms with Gasteiger partial charge in [0.25, 0.3) is 11.5 Å². The molecular weight excluding hydrogens is 338 g/mol. The molecule has 1 N–H and O–H groups in total. The van der Waals surface area contributed by atoms with E-state index in [9.17, 15) is 9.59 Å². The molecule has 0 spiro atoms. The topological polar surface area (TPSA) is 54.3 Å². The van der Waals surface area contributed by atoms with Crippen LogP contribution in [-0.2, 0) is 6.54 Å². The molecule has 1 aromatic carbocycles. The van der Waals surface area contributed by atoms with Gasteiger partial charge in [-0.05, 0) is 37.6 Å². The highest BCUT2D eigenvalue weighted by Gasteiger charge is 2.23. The zero-order valence-electron chi connectivity index (χ0n) is 14.2. The Kier molecular flexibility index (Phi) is 5.56. The number of piperidine rings is 1. The van der Waals surface area contributed by atoms with Crippen LogP contribution in [0, 0.1) is 0 Å². The molecule has 25 heavy (non-hydrogen) atoms. The van der Waals surface area contributed by atoms with Crippen LogP contribution in [0.5, 0.6) is 0 Å². The van der Waals surface area contributed by atoms with Crippen LogP contribution in [0.2, 0.25) is 5.02 Å². The molecule has 1 aliphatic rings. The predicted octanol–water partition coefficient (Wildman–Crippen LogP) is 2.37. The number of nitrogens with one attached hydrogen (secondary N) is 1. The maximum absolute atomic E-state index is 12.7. The molecule has 0 radical (unpaired) electrons. The third-order valence-electron chi connectivity index (χ3n) is 4.72. The third kappa shape index (κ3) is 4.11.